The van der Waals surface area contributed by atoms with E-state index >= 15 is 0 Å². The van der Waals surface area contributed by atoms with Crippen LogP contribution in [0, 0.1) is 0 Å². The van der Waals surface area contributed by atoms with Crippen LogP contribution in [0.4, 0.5) is 22.7 Å². The molecular formula is C46H56N8. The lowest BCUT2D eigenvalue weighted by Crippen LogP contribution is -2.27. The lowest BCUT2D eigenvalue weighted by molar-refractivity contribution is 0.590. The third kappa shape index (κ3) is 9.16. The van der Waals surface area contributed by atoms with E-state index < -0.39 is 0 Å². The average molecular weight is 721 g/mol. The molecule has 0 aromatic heterocycles. The van der Waals surface area contributed by atoms with E-state index in [9.17, 15) is 0 Å². The molecule has 8 nitrogen and oxygen atoms in total. The molecule has 0 spiro atoms. The maximum Gasteiger partial charge on any atom is 0.202 e. The van der Waals surface area contributed by atoms with Gasteiger partial charge in [0.25, 0.3) is 0 Å². The van der Waals surface area contributed by atoms with E-state index in [4.69, 9.17) is 20.0 Å². The molecule has 4 aromatic carbocycles. The Morgan fingerprint density at radius 2 is 0.444 bits per heavy atom. The number of hydrogen-bond donors (Lipinski definition) is 4. The first-order valence-corrected chi connectivity index (χ1v) is 18.8. The summed E-state index contributed by atoms with van der Waals surface area (Å²) in [6.07, 6.45) is 0. The Morgan fingerprint density at radius 3 is 0.593 bits per heavy atom. The fourth-order valence-corrected chi connectivity index (χ4v) is 6.00. The zero-order valence-electron chi connectivity index (χ0n) is 34.0. The molecule has 0 saturated carbocycles. The number of aliphatic imine (C=N–C) groups is 4. The standard InChI is InChI=1S/C46H56N8/c1-43(2,3)29-13-21-33(22-14-29)47-37-38(48-34-23-15-30(16-24-34)44(4,5)6)52-41(51-37)42-53-39(49-35-25-17-31(18-26-35)45(7,8)9)40(54-42)50-36-27-19-32(20-28-36)46(10,11)12/h13-28H,1-12H3,(H,47,51)(H,48,52)(H,49,53)(H,50,54). The zero-order valence-corrected chi connectivity index (χ0v) is 34.0. The van der Waals surface area contributed by atoms with Crippen molar-refractivity contribution in [2.75, 3.05) is 21.3 Å². The molecule has 0 atom stereocenters. The molecule has 8 heteroatoms. The normalized spacial score (nSPS) is 15.0. The number of hydrogen-bond acceptors (Lipinski definition) is 8. The molecule has 0 radical (unpaired) electrons. The summed E-state index contributed by atoms with van der Waals surface area (Å²) in [5.41, 5.74) is 8.85. The number of nitrogens with one attached hydrogen (secondary N) is 4. The third-order valence-corrected chi connectivity index (χ3v) is 9.57. The van der Waals surface area contributed by atoms with E-state index in [2.05, 4.69) is 201 Å². The highest BCUT2D eigenvalue weighted by molar-refractivity contribution is 6.51. The van der Waals surface area contributed by atoms with Crippen LogP contribution in [-0.4, -0.2) is 23.3 Å². The van der Waals surface area contributed by atoms with Crippen LogP contribution in [0.1, 0.15) is 105 Å². The van der Waals surface area contributed by atoms with Gasteiger partial charge < -0.3 is 21.3 Å². The number of anilines is 4. The maximum absolute atomic E-state index is 4.98. The smallest absolute Gasteiger partial charge is 0.202 e. The van der Waals surface area contributed by atoms with E-state index in [0.717, 1.165) is 22.7 Å². The quantitative estimate of drug-likeness (QED) is 0.169. The van der Waals surface area contributed by atoms with Crippen LogP contribution in [-0.2, 0) is 21.7 Å². The van der Waals surface area contributed by atoms with Crippen LogP contribution in [0.15, 0.2) is 129 Å². The molecular weight excluding hydrogens is 665 g/mol. The fraction of sp³-hybridized carbons (Fsp3) is 0.348. The van der Waals surface area contributed by atoms with Crippen LogP contribution < -0.4 is 21.3 Å². The van der Waals surface area contributed by atoms with Crippen molar-refractivity contribution in [3.05, 3.63) is 131 Å². The minimum absolute atomic E-state index is 0.0492. The molecule has 2 aliphatic heterocycles. The van der Waals surface area contributed by atoms with E-state index in [1.807, 2.05) is 0 Å². The Hall–Kier alpha value is -5.50. The van der Waals surface area contributed by atoms with Gasteiger partial charge in [-0.05, 0) is 92.4 Å². The SMILES string of the molecule is CC(C)(C)c1ccc(NC2=NC(=C3N=C(Nc4ccc(C(C)(C)C)cc4)C(Nc4ccc(C(C)(C)C)cc4)=N3)N=C2Nc2ccc(C(C)(C)C)cc2)cc1. The first-order valence-electron chi connectivity index (χ1n) is 18.8. The summed E-state index contributed by atoms with van der Waals surface area (Å²) in [6.45, 7) is 26.6. The Bertz CT molecular complexity index is 1830. The molecule has 280 valence electrons. The summed E-state index contributed by atoms with van der Waals surface area (Å²) in [5, 5.41) is 14.0. The lowest BCUT2D eigenvalue weighted by Gasteiger charge is -2.20. The maximum atomic E-state index is 4.98. The van der Waals surface area contributed by atoms with Gasteiger partial charge >= 0.3 is 0 Å². The minimum atomic E-state index is 0.0492. The van der Waals surface area contributed by atoms with Crippen LogP contribution in [0.3, 0.4) is 0 Å². The highest BCUT2D eigenvalue weighted by atomic mass is 15.3. The van der Waals surface area contributed by atoms with Gasteiger partial charge in [0.15, 0.2) is 23.3 Å². The van der Waals surface area contributed by atoms with Crippen molar-refractivity contribution in [1.82, 2.24) is 0 Å². The van der Waals surface area contributed by atoms with Crippen LogP contribution in [0.5, 0.6) is 0 Å². The second kappa shape index (κ2) is 14.4. The van der Waals surface area contributed by atoms with Gasteiger partial charge in [0.05, 0.1) is 0 Å². The summed E-state index contributed by atoms with van der Waals surface area (Å²) in [5.74, 6) is 3.13. The molecule has 0 bridgehead atoms. The minimum Gasteiger partial charge on any atom is -0.337 e. The molecule has 0 unspecified atom stereocenters. The first kappa shape index (κ1) is 38.2. The van der Waals surface area contributed by atoms with E-state index in [1.165, 1.54) is 22.3 Å². The number of benzene rings is 4. The molecule has 6 rings (SSSR count). The van der Waals surface area contributed by atoms with E-state index in [0.29, 0.717) is 35.0 Å². The van der Waals surface area contributed by atoms with Crippen molar-refractivity contribution in [2.45, 2.75) is 105 Å². The van der Waals surface area contributed by atoms with Crippen molar-refractivity contribution < 1.29 is 0 Å². The molecule has 4 N–H and O–H groups in total. The van der Waals surface area contributed by atoms with Gasteiger partial charge in [-0.3, -0.25) is 0 Å². The first-order chi connectivity index (χ1) is 25.2. The zero-order chi connectivity index (χ0) is 39.1. The largest absolute Gasteiger partial charge is 0.337 e. The van der Waals surface area contributed by atoms with Gasteiger partial charge in [0, 0.05) is 22.7 Å². The van der Waals surface area contributed by atoms with Gasteiger partial charge in [0.1, 0.15) is 0 Å². The molecule has 0 saturated heterocycles. The van der Waals surface area contributed by atoms with Crippen LogP contribution in [0.2, 0.25) is 0 Å². The Labute approximate surface area is 322 Å². The van der Waals surface area contributed by atoms with Gasteiger partial charge in [-0.1, -0.05) is 132 Å². The summed E-state index contributed by atoms with van der Waals surface area (Å²) in [4.78, 5) is 19.9. The Balaban J connectivity index is 1.38. The summed E-state index contributed by atoms with van der Waals surface area (Å²) in [6, 6.07) is 33.8. The van der Waals surface area contributed by atoms with Crippen molar-refractivity contribution in [1.29, 1.82) is 0 Å². The molecule has 2 aliphatic rings. The molecule has 0 aliphatic carbocycles. The highest BCUT2D eigenvalue weighted by Crippen LogP contribution is 2.30. The average Bonchev–Trinajstić information content (AvgIpc) is 3.67. The van der Waals surface area contributed by atoms with Gasteiger partial charge in [-0.2, -0.15) is 0 Å². The lowest BCUT2D eigenvalue weighted by atomic mass is 9.87. The van der Waals surface area contributed by atoms with Gasteiger partial charge in [-0.25, -0.2) is 20.0 Å². The van der Waals surface area contributed by atoms with Crippen LogP contribution >= 0.6 is 0 Å². The Morgan fingerprint density at radius 1 is 0.278 bits per heavy atom. The molecule has 2 heterocycles. The predicted octanol–water partition coefficient (Wildman–Crippen LogP) is 11.4. The Kier molecular flexibility index (Phi) is 10.2. The summed E-state index contributed by atoms with van der Waals surface area (Å²) < 4.78 is 0. The van der Waals surface area contributed by atoms with E-state index in [-0.39, 0.29) is 21.7 Å². The molecule has 4 aromatic rings. The topological polar surface area (TPSA) is 97.6 Å². The van der Waals surface area contributed by atoms with Gasteiger partial charge in [-0.15, -0.1) is 0 Å². The summed E-state index contributed by atoms with van der Waals surface area (Å²) >= 11 is 0. The van der Waals surface area contributed by atoms with E-state index in [1.54, 1.807) is 0 Å². The monoisotopic (exact) mass is 720 g/mol. The molecule has 54 heavy (non-hydrogen) atoms. The van der Waals surface area contributed by atoms with Crippen LogP contribution in [0.25, 0.3) is 0 Å². The third-order valence-electron chi connectivity index (χ3n) is 9.57. The predicted molar refractivity (Wildman–Crippen MR) is 232 cm³/mol. The number of rotatable bonds is 4. The molecule has 0 amide bonds. The summed E-state index contributed by atoms with van der Waals surface area (Å²) in [7, 11) is 0. The number of nitrogens with zero attached hydrogens (tertiary/aromatic N) is 4. The van der Waals surface area contributed by atoms with Crippen molar-refractivity contribution in [2.24, 2.45) is 20.0 Å². The fourth-order valence-electron chi connectivity index (χ4n) is 6.00. The molecule has 0 fully saturated rings. The highest BCUT2D eigenvalue weighted by Gasteiger charge is 2.27. The second-order valence-corrected chi connectivity index (χ2v) is 18.3. The van der Waals surface area contributed by atoms with Crippen molar-refractivity contribution in [3.63, 3.8) is 0 Å². The van der Waals surface area contributed by atoms with Gasteiger partial charge in [0.2, 0.25) is 11.6 Å². The number of amidine groups is 4. The van der Waals surface area contributed by atoms with Crippen molar-refractivity contribution in [3.8, 4) is 0 Å². The van der Waals surface area contributed by atoms with Crippen molar-refractivity contribution >= 4 is 46.1 Å². The second-order valence-electron chi connectivity index (χ2n) is 18.3.